The van der Waals surface area contributed by atoms with E-state index in [1.807, 2.05) is 17.8 Å². The Hall–Kier alpha value is -7.25. The van der Waals surface area contributed by atoms with E-state index in [0.717, 1.165) is 95.9 Å². The van der Waals surface area contributed by atoms with Crippen molar-refractivity contribution in [1.82, 2.24) is 0 Å². The second-order valence-corrected chi connectivity index (χ2v) is 24.8. The third-order valence-electron chi connectivity index (χ3n) is 16.4. The van der Waals surface area contributed by atoms with Gasteiger partial charge in [-0.15, -0.1) is 12.6 Å². The molecule has 0 N–H and O–H groups in total. The number of ether oxygens (including phenoxy) is 1. The molecule has 9 aromatic rings. The number of anilines is 4. The second-order valence-electron chi connectivity index (χ2n) is 23.3. The Morgan fingerprint density at radius 2 is 1.44 bits per heavy atom. The van der Waals surface area contributed by atoms with Crippen LogP contribution in [0.25, 0.3) is 38.6 Å². The first-order chi connectivity index (χ1) is 38.2. The minimum atomic E-state index is -0.105. The molecule has 79 heavy (non-hydrogen) atoms. The zero-order valence-electron chi connectivity index (χ0n) is 46.9. The molecule has 8 aromatic carbocycles. The number of furan rings is 1. The smallest absolute Gasteiger partial charge is 0.249 e. The molecule has 3 heterocycles. The molecule has 2 aliphatic heterocycles. The van der Waals surface area contributed by atoms with Crippen LogP contribution in [0.3, 0.4) is 0 Å². The van der Waals surface area contributed by atoms with Crippen molar-refractivity contribution in [2.24, 2.45) is 0 Å². The van der Waals surface area contributed by atoms with Crippen molar-refractivity contribution in [2.45, 2.75) is 107 Å². The SMILES string of the molecule is C=C/C=C\C(=C(/C)N1c2cc(N(c3ccccc3-c3ccc(C(C)(C)C)cc3)[C@H]3CC(OCC)=C3CC)c([B]c3ccccc3S)cc2B2c3ccccc3Sc3c2c1cc1oc2ccccc2c31)c1ccc(C(C)(C)C)cc1. The van der Waals surface area contributed by atoms with E-state index in [1.54, 1.807) is 0 Å². The van der Waals surface area contributed by atoms with Crippen molar-refractivity contribution in [3.8, 4) is 11.1 Å². The van der Waals surface area contributed by atoms with Gasteiger partial charge in [0.1, 0.15) is 11.2 Å². The molecular weight excluding hydrogens is 999 g/mol. The predicted octanol–water partition coefficient (Wildman–Crippen LogP) is 16.0. The number of fused-ring (bicyclic) bond motifs is 8. The number of allylic oxidation sites excluding steroid dienone is 5. The maximum Gasteiger partial charge on any atom is 0.249 e. The number of rotatable bonds is 13. The molecule has 3 aliphatic rings. The Bertz CT molecular complexity index is 3970. The zero-order valence-corrected chi connectivity index (χ0v) is 48.7. The zero-order chi connectivity index (χ0) is 54.9. The molecule has 1 atom stereocenters. The molecule has 4 nitrogen and oxygen atoms in total. The van der Waals surface area contributed by atoms with Gasteiger partial charge in [0.25, 0.3) is 0 Å². The predicted molar refractivity (Wildman–Crippen MR) is 343 cm³/mol. The van der Waals surface area contributed by atoms with Crippen LogP contribution < -0.4 is 37.1 Å². The summed E-state index contributed by atoms with van der Waals surface area (Å²) >= 11 is 7.01. The van der Waals surface area contributed by atoms with Crippen molar-refractivity contribution in [2.75, 3.05) is 16.4 Å². The minimum absolute atomic E-state index is 0.0000836. The van der Waals surface area contributed by atoms with E-state index in [0.29, 0.717) is 6.61 Å². The molecule has 12 rings (SSSR count). The summed E-state index contributed by atoms with van der Waals surface area (Å²) in [4.78, 5) is 8.62. The lowest BCUT2D eigenvalue weighted by atomic mass is 9.34. The average molecular weight is 1070 g/mol. The second kappa shape index (κ2) is 20.8. The van der Waals surface area contributed by atoms with Crippen LogP contribution in [0.1, 0.15) is 91.8 Å². The molecule has 0 spiro atoms. The maximum absolute atomic E-state index is 6.96. The van der Waals surface area contributed by atoms with Gasteiger partial charge in [-0.25, -0.2) is 0 Å². The van der Waals surface area contributed by atoms with Gasteiger partial charge in [-0.2, -0.15) is 0 Å². The lowest BCUT2D eigenvalue weighted by Gasteiger charge is -2.46. The van der Waals surface area contributed by atoms with E-state index in [9.17, 15) is 0 Å². The van der Waals surface area contributed by atoms with Gasteiger partial charge >= 0.3 is 0 Å². The van der Waals surface area contributed by atoms with E-state index >= 15 is 0 Å². The quantitative estimate of drug-likeness (QED) is 0.0706. The van der Waals surface area contributed by atoms with Crippen LogP contribution in [-0.4, -0.2) is 26.6 Å². The van der Waals surface area contributed by atoms with E-state index in [1.165, 1.54) is 54.0 Å². The van der Waals surface area contributed by atoms with Crippen LogP contribution in [0.4, 0.5) is 22.7 Å². The van der Waals surface area contributed by atoms with Gasteiger partial charge in [0, 0.05) is 72.6 Å². The average Bonchev–Trinajstić information content (AvgIpc) is 4.11. The number of hydrogen-bond acceptors (Lipinski definition) is 6. The molecule has 1 radical (unpaired) electrons. The highest BCUT2D eigenvalue weighted by molar-refractivity contribution is 8.00. The Labute approximate surface area is 478 Å². The fraction of sp³-hybridized carbons (Fsp3) is 0.211. The first-order valence-electron chi connectivity index (χ1n) is 28.0. The van der Waals surface area contributed by atoms with Crippen LogP contribution in [-0.2, 0) is 15.6 Å². The largest absolute Gasteiger partial charge is 0.498 e. The summed E-state index contributed by atoms with van der Waals surface area (Å²) in [5.74, 6) is 1.10. The van der Waals surface area contributed by atoms with Crippen molar-refractivity contribution < 1.29 is 9.15 Å². The fourth-order valence-electron chi connectivity index (χ4n) is 12.3. The monoisotopic (exact) mass is 1070 g/mol. The lowest BCUT2D eigenvalue weighted by molar-refractivity contribution is 0.190. The van der Waals surface area contributed by atoms with Crippen LogP contribution >= 0.6 is 24.4 Å². The molecule has 0 fully saturated rings. The van der Waals surface area contributed by atoms with Gasteiger partial charge in [-0.3, -0.25) is 0 Å². The molecule has 1 aliphatic carbocycles. The molecular formula is C71H67B2N2O2S2. The van der Waals surface area contributed by atoms with Crippen LogP contribution in [0.5, 0.6) is 0 Å². The highest BCUT2D eigenvalue weighted by Crippen LogP contribution is 2.50. The molecule has 0 bridgehead atoms. The van der Waals surface area contributed by atoms with Gasteiger partial charge in [-0.1, -0.05) is 229 Å². The van der Waals surface area contributed by atoms with E-state index in [-0.39, 0.29) is 23.6 Å². The third-order valence-corrected chi connectivity index (χ3v) is 18.0. The van der Waals surface area contributed by atoms with Crippen LogP contribution in [0.2, 0.25) is 0 Å². The number of benzene rings is 8. The van der Waals surface area contributed by atoms with Crippen LogP contribution in [0, 0.1) is 0 Å². The molecule has 0 unspecified atom stereocenters. The normalized spacial score (nSPS) is 15.2. The summed E-state index contributed by atoms with van der Waals surface area (Å²) in [7, 11) is 2.37. The van der Waals surface area contributed by atoms with Crippen LogP contribution in [0.15, 0.2) is 225 Å². The summed E-state index contributed by atoms with van der Waals surface area (Å²) in [6, 6.07) is 60.9. The minimum Gasteiger partial charge on any atom is -0.498 e. The molecule has 8 heteroatoms. The molecule has 0 amide bonds. The topological polar surface area (TPSA) is 28.9 Å². The van der Waals surface area contributed by atoms with Crippen molar-refractivity contribution in [1.29, 1.82) is 0 Å². The Morgan fingerprint density at radius 3 is 2.16 bits per heavy atom. The first kappa shape index (κ1) is 52.4. The number of nitrogens with zero attached hydrogens (tertiary/aromatic N) is 2. The van der Waals surface area contributed by atoms with Crippen molar-refractivity contribution in [3.63, 3.8) is 0 Å². The van der Waals surface area contributed by atoms with Gasteiger partial charge in [0.05, 0.1) is 18.4 Å². The summed E-state index contributed by atoms with van der Waals surface area (Å²) < 4.78 is 13.4. The summed E-state index contributed by atoms with van der Waals surface area (Å²) in [5.41, 5.74) is 21.8. The molecule has 1 aromatic heterocycles. The van der Waals surface area contributed by atoms with Gasteiger partial charge in [0.2, 0.25) is 6.71 Å². The standard InChI is InChI=1S/C71H67B2N2O2S2/c1-11-14-23-50(45-32-36-47(37-33-45)70(5,6)7)44(4)74-60-41-59(75(58-42-63(76-13-3)49(58)12-2)57-28-19-15-24-51(57)46-34-38-48(39-35-46)71(8,9)10)54(72-53-26-17-21-30-65(53)78)40-56(60)73-55-27-18-22-31-66(55)79-69-67-52-25-16-20-29-62(52)77-64(67)43-61(74)68(69)73/h11,14-41,43,58,78H,1,12-13,42H2,2-10H3/b23-14-,50-44-/t58-/m0/s1. The summed E-state index contributed by atoms with van der Waals surface area (Å²) in [6.07, 6.45) is 7.83. The van der Waals surface area contributed by atoms with E-state index in [2.05, 4.69) is 262 Å². The molecule has 391 valence electrons. The Morgan fingerprint density at radius 1 is 0.759 bits per heavy atom. The Kier molecular flexibility index (Phi) is 13.8. The van der Waals surface area contributed by atoms with Gasteiger partial charge < -0.3 is 19.0 Å². The summed E-state index contributed by atoms with van der Waals surface area (Å²) in [5, 5.41) is 2.29. The number of hydrogen-bond donors (Lipinski definition) is 1. The maximum atomic E-state index is 6.96. The Balaban J connectivity index is 1.21. The highest BCUT2D eigenvalue weighted by atomic mass is 32.2. The van der Waals surface area contributed by atoms with Gasteiger partial charge in [-0.05, 0) is 105 Å². The molecule has 0 saturated carbocycles. The molecule has 0 saturated heterocycles. The van der Waals surface area contributed by atoms with Crippen molar-refractivity contribution in [3.05, 3.63) is 222 Å². The van der Waals surface area contributed by atoms with Gasteiger partial charge in [0.15, 0.2) is 7.28 Å². The van der Waals surface area contributed by atoms with Crippen molar-refractivity contribution >= 4 is 116 Å². The number of thiol groups is 1. The number of para-hydroxylation sites is 2. The lowest BCUT2D eigenvalue weighted by Crippen LogP contribution is -2.61. The van der Waals surface area contributed by atoms with E-state index in [4.69, 9.17) is 21.8 Å². The van der Waals surface area contributed by atoms with E-state index < -0.39 is 0 Å². The fourth-order valence-corrected chi connectivity index (χ4v) is 13.9. The highest BCUT2D eigenvalue weighted by Gasteiger charge is 2.45. The first-order valence-corrected chi connectivity index (χ1v) is 29.2. The summed E-state index contributed by atoms with van der Waals surface area (Å²) in [6.45, 7) is 25.1. The third kappa shape index (κ3) is 9.29.